The van der Waals surface area contributed by atoms with Gasteiger partial charge in [0.2, 0.25) is 0 Å². The number of esters is 1. The molecular formula is C17H20N2O2. The van der Waals surface area contributed by atoms with Crippen LogP contribution in [-0.4, -0.2) is 17.6 Å². The van der Waals surface area contributed by atoms with Crippen LogP contribution in [0.1, 0.15) is 37.9 Å². The second kappa shape index (κ2) is 5.25. The maximum atomic E-state index is 12.0. The van der Waals surface area contributed by atoms with Gasteiger partial charge < -0.3 is 9.30 Å². The van der Waals surface area contributed by atoms with Crippen molar-refractivity contribution in [1.82, 2.24) is 4.57 Å². The lowest BCUT2D eigenvalue weighted by Crippen LogP contribution is -2.22. The molecule has 0 fully saturated rings. The average molecular weight is 284 g/mol. The molecule has 1 unspecified atom stereocenters. The van der Waals surface area contributed by atoms with Crippen LogP contribution in [0.3, 0.4) is 0 Å². The molecule has 0 radical (unpaired) electrons. The Hall–Kier alpha value is -2.28. The number of nitrogens with zero attached hydrogens (tertiary/aromatic N) is 2. The molecule has 1 atom stereocenters. The number of hydrogen-bond acceptors (Lipinski definition) is 3. The van der Waals surface area contributed by atoms with Crippen molar-refractivity contribution in [3.05, 3.63) is 35.5 Å². The molecule has 0 aliphatic heterocycles. The summed E-state index contributed by atoms with van der Waals surface area (Å²) in [6, 6.07) is 9.93. The van der Waals surface area contributed by atoms with Crippen LogP contribution < -0.4 is 0 Å². The van der Waals surface area contributed by atoms with E-state index in [4.69, 9.17) is 4.74 Å². The molecule has 1 heterocycles. The van der Waals surface area contributed by atoms with Crippen LogP contribution in [0.2, 0.25) is 0 Å². The molecule has 0 spiro atoms. The van der Waals surface area contributed by atoms with E-state index in [1.165, 1.54) is 7.11 Å². The van der Waals surface area contributed by atoms with Gasteiger partial charge in [-0.3, -0.25) is 4.79 Å². The zero-order chi connectivity index (χ0) is 15.8. The number of aryl methyl sites for hydroxylation is 1. The maximum Gasteiger partial charge on any atom is 0.327 e. The Morgan fingerprint density at radius 2 is 1.95 bits per heavy atom. The van der Waals surface area contributed by atoms with Crippen LogP contribution >= 0.6 is 0 Å². The van der Waals surface area contributed by atoms with Gasteiger partial charge in [-0.05, 0) is 6.07 Å². The van der Waals surface area contributed by atoms with Gasteiger partial charge in [-0.25, -0.2) is 0 Å². The van der Waals surface area contributed by atoms with Crippen molar-refractivity contribution in [2.75, 3.05) is 7.11 Å². The van der Waals surface area contributed by atoms with Gasteiger partial charge in [-0.1, -0.05) is 39.0 Å². The minimum atomic E-state index is -0.907. The standard InChI is InChI=1S/C17H20N2O2/c1-17(2,3)15-14(12(10-18)16(20)21-5)11-8-6-7-9-13(11)19(15)4/h6-9,12H,1-5H3. The third kappa shape index (κ3) is 2.40. The normalized spacial score (nSPS) is 13.0. The first-order chi connectivity index (χ1) is 9.82. The molecule has 2 aromatic rings. The van der Waals surface area contributed by atoms with Crippen LogP contribution in [0.15, 0.2) is 24.3 Å². The number of carbonyl (C=O) groups excluding carboxylic acids is 1. The molecule has 1 aromatic carbocycles. The van der Waals surface area contributed by atoms with E-state index in [0.29, 0.717) is 0 Å². The highest BCUT2D eigenvalue weighted by atomic mass is 16.5. The Bertz CT molecular complexity index is 730. The van der Waals surface area contributed by atoms with Gasteiger partial charge in [-0.15, -0.1) is 0 Å². The summed E-state index contributed by atoms with van der Waals surface area (Å²) in [4.78, 5) is 12.0. The van der Waals surface area contributed by atoms with Crippen molar-refractivity contribution in [2.24, 2.45) is 7.05 Å². The summed E-state index contributed by atoms with van der Waals surface area (Å²) in [5.41, 5.74) is 2.57. The zero-order valence-electron chi connectivity index (χ0n) is 13.1. The predicted octanol–water partition coefficient (Wildman–Crippen LogP) is 3.26. The highest BCUT2D eigenvalue weighted by Crippen LogP contribution is 2.38. The van der Waals surface area contributed by atoms with Crippen molar-refractivity contribution in [3.63, 3.8) is 0 Å². The second-order valence-corrected chi connectivity index (χ2v) is 6.17. The number of aromatic nitrogens is 1. The quantitative estimate of drug-likeness (QED) is 0.795. The minimum absolute atomic E-state index is 0.188. The third-order valence-electron chi connectivity index (χ3n) is 3.71. The number of carbonyl (C=O) groups is 1. The molecule has 0 N–H and O–H groups in total. The highest BCUT2D eigenvalue weighted by molar-refractivity contribution is 5.93. The van der Waals surface area contributed by atoms with Gasteiger partial charge in [-0.2, -0.15) is 5.26 Å². The fraction of sp³-hybridized carbons (Fsp3) is 0.412. The van der Waals surface area contributed by atoms with E-state index in [0.717, 1.165) is 22.2 Å². The number of rotatable bonds is 2. The Balaban J connectivity index is 2.89. The van der Waals surface area contributed by atoms with Crippen LogP contribution in [-0.2, 0) is 22.0 Å². The summed E-state index contributed by atoms with van der Waals surface area (Å²) < 4.78 is 6.88. The smallest absolute Gasteiger partial charge is 0.327 e. The van der Waals surface area contributed by atoms with Crippen LogP contribution in [0.5, 0.6) is 0 Å². The summed E-state index contributed by atoms with van der Waals surface area (Å²) in [6.45, 7) is 6.24. The molecule has 0 saturated heterocycles. The molecule has 4 heteroatoms. The summed E-state index contributed by atoms with van der Waals surface area (Å²) in [7, 11) is 3.28. The number of methoxy groups -OCH3 is 1. The van der Waals surface area contributed by atoms with Crippen LogP contribution in [0.25, 0.3) is 10.9 Å². The third-order valence-corrected chi connectivity index (χ3v) is 3.71. The molecule has 0 aliphatic rings. The van der Waals surface area contributed by atoms with E-state index in [1.54, 1.807) is 0 Å². The number of fused-ring (bicyclic) bond motifs is 1. The Labute approximate surface area is 124 Å². The van der Waals surface area contributed by atoms with Crippen molar-refractivity contribution in [2.45, 2.75) is 32.1 Å². The predicted molar refractivity (Wildman–Crippen MR) is 82.0 cm³/mol. The largest absolute Gasteiger partial charge is 0.468 e. The molecular weight excluding hydrogens is 264 g/mol. The van der Waals surface area contributed by atoms with Gasteiger partial charge in [0, 0.05) is 34.6 Å². The van der Waals surface area contributed by atoms with Crippen LogP contribution in [0, 0.1) is 11.3 Å². The number of ether oxygens (including phenoxy) is 1. The number of benzene rings is 1. The lowest BCUT2D eigenvalue weighted by Gasteiger charge is -2.23. The summed E-state index contributed by atoms with van der Waals surface area (Å²) in [5, 5.41) is 10.4. The van der Waals surface area contributed by atoms with E-state index < -0.39 is 11.9 Å². The molecule has 2 rings (SSSR count). The van der Waals surface area contributed by atoms with E-state index in [2.05, 4.69) is 31.4 Å². The average Bonchev–Trinajstić information content (AvgIpc) is 2.73. The fourth-order valence-corrected chi connectivity index (χ4v) is 2.97. The van der Waals surface area contributed by atoms with Crippen molar-refractivity contribution in [3.8, 4) is 6.07 Å². The van der Waals surface area contributed by atoms with Gasteiger partial charge in [0.05, 0.1) is 13.2 Å². The molecule has 4 nitrogen and oxygen atoms in total. The Morgan fingerprint density at radius 3 is 2.48 bits per heavy atom. The van der Waals surface area contributed by atoms with Crippen molar-refractivity contribution < 1.29 is 9.53 Å². The number of nitriles is 1. The molecule has 0 aliphatic carbocycles. The first kappa shape index (κ1) is 15.1. The topological polar surface area (TPSA) is 55.0 Å². The maximum absolute atomic E-state index is 12.0. The second-order valence-electron chi connectivity index (χ2n) is 6.17. The van der Waals surface area contributed by atoms with E-state index in [-0.39, 0.29) is 5.41 Å². The Morgan fingerprint density at radius 1 is 1.33 bits per heavy atom. The summed E-state index contributed by atoms with van der Waals surface area (Å²) in [6.07, 6.45) is 0. The fourth-order valence-electron chi connectivity index (χ4n) is 2.97. The molecule has 0 bridgehead atoms. The summed E-state index contributed by atoms with van der Waals surface area (Å²) >= 11 is 0. The first-order valence-corrected chi connectivity index (χ1v) is 6.88. The first-order valence-electron chi connectivity index (χ1n) is 6.88. The highest BCUT2D eigenvalue weighted by Gasteiger charge is 2.33. The molecule has 110 valence electrons. The molecule has 0 saturated carbocycles. The SMILES string of the molecule is COC(=O)C(C#N)c1c(C(C)(C)C)n(C)c2ccccc12. The summed E-state index contributed by atoms with van der Waals surface area (Å²) in [5.74, 6) is -1.42. The molecule has 21 heavy (non-hydrogen) atoms. The van der Waals surface area contributed by atoms with Gasteiger partial charge in [0.15, 0.2) is 5.92 Å². The van der Waals surface area contributed by atoms with Gasteiger partial charge in [0.1, 0.15) is 0 Å². The zero-order valence-corrected chi connectivity index (χ0v) is 13.1. The monoisotopic (exact) mass is 284 g/mol. The van der Waals surface area contributed by atoms with Crippen molar-refractivity contribution >= 4 is 16.9 Å². The molecule has 0 amide bonds. The van der Waals surface area contributed by atoms with E-state index in [1.807, 2.05) is 31.3 Å². The lowest BCUT2D eigenvalue weighted by molar-refractivity contribution is -0.140. The Kier molecular flexibility index (Phi) is 3.78. The van der Waals surface area contributed by atoms with E-state index >= 15 is 0 Å². The lowest BCUT2D eigenvalue weighted by atomic mass is 9.84. The van der Waals surface area contributed by atoms with Crippen LogP contribution in [0.4, 0.5) is 0 Å². The number of para-hydroxylation sites is 1. The number of hydrogen-bond donors (Lipinski definition) is 0. The van der Waals surface area contributed by atoms with Crippen molar-refractivity contribution in [1.29, 1.82) is 5.26 Å². The van der Waals surface area contributed by atoms with Gasteiger partial charge >= 0.3 is 5.97 Å². The van der Waals surface area contributed by atoms with Gasteiger partial charge in [0.25, 0.3) is 0 Å². The minimum Gasteiger partial charge on any atom is -0.468 e. The van der Waals surface area contributed by atoms with E-state index in [9.17, 15) is 10.1 Å². The molecule has 1 aromatic heterocycles.